The van der Waals surface area contributed by atoms with Crippen LogP contribution in [0.15, 0.2) is 18.2 Å². The fourth-order valence-corrected chi connectivity index (χ4v) is 3.39. The van der Waals surface area contributed by atoms with Gasteiger partial charge in [-0.1, -0.05) is 26.7 Å². The first-order valence-corrected chi connectivity index (χ1v) is 7.28. The molecule has 0 saturated heterocycles. The Bertz CT molecular complexity index is 399. The fraction of sp³-hybridized carbons (Fsp3) is 0.625. The lowest BCUT2D eigenvalue weighted by molar-refractivity contribution is 0.298. The Hall–Kier alpha value is -0.960. The highest BCUT2D eigenvalue weighted by molar-refractivity contribution is 5.19. The SMILES string of the molecule is CCNC(Cc1cc(F)cc(F)c1)C1CCCC1C. The first-order valence-electron chi connectivity index (χ1n) is 7.28. The topological polar surface area (TPSA) is 12.0 Å². The molecule has 0 spiro atoms. The third-order valence-corrected chi connectivity index (χ3v) is 4.29. The standard InChI is InChI=1S/C16H23F2N/c1-3-19-16(15-6-4-5-11(15)2)9-12-7-13(17)10-14(18)8-12/h7-8,10-11,15-16,19H,3-6,9H2,1-2H3. The highest BCUT2D eigenvalue weighted by Crippen LogP contribution is 2.34. The monoisotopic (exact) mass is 267 g/mol. The van der Waals surface area contributed by atoms with Crippen molar-refractivity contribution < 1.29 is 8.78 Å². The third-order valence-electron chi connectivity index (χ3n) is 4.29. The second-order valence-electron chi connectivity index (χ2n) is 5.72. The predicted molar refractivity (Wildman–Crippen MR) is 74.0 cm³/mol. The summed E-state index contributed by atoms with van der Waals surface area (Å²) in [6, 6.07) is 4.16. The maximum atomic E-state index is 13.3. The summed E-state index contributed by atoms with van der Waals surface area (Å²) in [6.07, 6.45) is 4.46. The van der Waals surface area contributed by atoms with Gasteiger partial charge >= 0.3 is 0 Å². The van der Waals surface area contributed by atoms with Crippen molar-refractivity contribution in [1.29, 1.82) is 0 Å². The van der Waals surface area contributed by atoms with E-state index in [1.165, 1.54) is 31.4 Å². The minimum atomic E-state index is -0.482. The lowest BCUT2D eigenvalue weighted by atomic mass is 9.86. The van der Waals surface area contributed by atoms with Crippen molar-refractivity contribution in [2.45, 2.75) is 45.6 Å². The normalized spacial score (nSPS) is 24.6. The molecule has 19 heavy (non-hydrogen) atoms. The number of hydrogen-bond donors (Lipinski definition) is 1. The first-order chi connectivity index (χ1) is 9.10. The molecular weight excluding hydrogens is 244 g/mol. The third kappa shape index (κ3) is 3.75. The van der Waals surface area contributed by atoms with E-state index in [1.54, 1.807) is 0 Å². The summed E-state index contributed by atoms with van der Waals surface area (Å²) in [4.78, 5) is 0. The van der Waals surface area contributed by atoms with Crippen molar-refractivity contribution in [2.24, 2.45) is 11.8 Å². The summed E-state index contributed by atoms with van der Waals surface area (Å²) >= 11 is 0. The smallest absolute Gasteiger partial charge is 0.126 e. The molecule has 3 unspecified atom stereocenters. The number of nitrogens with one attached hydrogen (secondary N) is 1. The first kappa shape index (κ1) is 14.4. The molecule has 3 atom stereocenters. The van der Waals surface area contributed by atoms with Crippen LogP contribution in [0.2, 0.25) is 0 Å². The Morgan fingerprint density at radius 3 is 2.42 bits per heavy atom. The molecule has 3 heteroatoms. The molecule has 1 nitrogen and oxygen atoms in total. The van der Waals surface area contributed by atoms with Crippen LogP contribution in [0.5, 0.6) is 0 Å². The molecule has 106 valence electrons. The lowest BCUT2D eigenvalue weighted by Crippen LogP contribution is -2.39. The molecule has 0 bridgehead atoms. The average molecular weight is 267 g/mol. The molecule has 1 fully saturated rings. The fourth-order valence-electron chi connectivity index (χ4n) is 3.39. The lowest BCUT2D eigenvalue weighted by Gasteiger charge is -2.28. The molecule has 1 aliphatic rings. The van der Waals surface area contributed by atoms with E-state index in [1.807, 2.05) is 0 Å². The minimum absolute atomic E-state index is 0.323. The molecule has 1 N–H and O–H groups in total. The van der Waals surface area contributed by atoms with Crippen molar-refractivity contribution in [3.05, 3.63) is 35.4 Å². The van der Waals surface area contributed by atoms with Gasteiger partial charge in [-0.15, -0.1) is 0 Å². The van der Waals surface area contributed by atoms with Crippen LogP contribution >= 0.6 is 0 Å². The predicted octanol–water partition coefficient (Wildman–Crippen LogP) is 3.92. The molecule has 0 amide bonds. The van der Waals surface area contributed by atoms with Crippen LogP contribution in [0.3, 0.4) is 0 Å². The van der Waals surface area contributed by atoms with Gasteiger partial charge in [0.25, 0.3) is 0 Å². The number of likely N-dealkylation sites (N-methyl/N-ethyl adjacent to an activating group) is 1. The van der Waals surface area contributed by atoms with Crippen LogP contribution < -0.4 is 5.32 Å². The Morgan fingerprint density at radius 2 is 1.89 bits per heavy atom. The van der Waals surface area contributed by atoms with Gasteiger partial charge in [-0.2, -0.15) is 0 Å². The quantitative estimate of drug-likeness (QED) is 0.852. The van der Waals surface area contributed by atoms with Gasteiger partial charge in [0, 0.05) is 12.1 Å². The van der Waals surface area contributed by atoms with Crippen molar-refractivity contribution in [1.82, 2.24) is 5.32 Å². The van der Waals surface area contributed by atoms with Gasteiger partial charge < -0.3 is 5.32 Å². The molecule has 1 aliphatic carbocycles. The van der Waals surface area contributed by atoms with E-state index in [4.69, 9.17) is 0 Å². The van der Waals surface area contributed by atoms with E-state index in [-0.39, 0.29) is 0 Å². The maximum absolute atomic E-state index is 13.3. The summed E-state index contributed by atoms with van der Waals surface area (Å²) in [6.45, 7) is 5.26. The average Bonchev–Trinajstić information content (AvgIpc) is 2.73. The highest BCUT2D eigenvalue weighted by Gasteiger charge is 2.30. The summed E-state index contributed by atoms with van der Waals surface area (Å²) in [5.74, 6) is 0.350. The van der Waals surface area contributed by atoms with Gasteiger partial charge in [-0.25, -0.2) is 8.78 Å². The number of halogens is 2. The number of benzene rings is 1. The van der Waals surface area contributed by atoms with Crippen molar-refractivity contribution in [3.8, 4) is 0 Å². The Balaban J connectivity index is 2.11. The minimum Gasteiger partial charge on any atom is -0.314 e. The van der Waals surface area contributed by atoms with Crippen LogP contribution in [-0.4, -0.2) is 12.6 Å². The molecule has 1 saturated carbocycles. The van der Waals surface area contributed by atoms with E-state index in [0.717, 1.165) is 18.2 Å². The van der Waals surface area contributed by atoms with E-state index < -0.39 is 11.6 Å². The van der Waals surface area contributed by atoms with Crippen molar-refractivity contribution >= 4 is 0 Å². The van der Waals surface area contributed by atoms with Crippen molar-refractivity contribution in [2.75, 3.05) is 6.54 Å². The largest absolute Gasteiger partial charge is 0.314 e. The molecule has 1 aromatic carbocycles. The van der Waals surface area contributed by atoms with Crippen LogP contribution in [0.1, 0.15) is 38.7 Å². The van der Waals surface area contributed by atoms with Gasteiger partial charge in [0.2, 0.25) is 0 Å². The van der Waals surface area contributed by atoms with Crippen molar-refractivity contribution in [3.63, 3.8) is 0 Å². The van der Waals surface area contributed by atoms with Crippen LogP contribution in [0.4, 0.5) is 8.78 Å². The Kier molecular flexibility index (Phi) is 4.92. The zero-order chi connectivity index (χ0) is 13.8. The second kappa shape index (κ2) is 6.47. The summed E-state index contributed by atoms with van der Waals surface area (Å²) in [5, 5.41) is 3.50. The maximum Gasteiger partial charge on any atom is 0.126 e. The van der Waals surface area contributed by atoms with E-state index >= 15 is 0 Å². The molecular formula is C16H23F2N. The van der Waals surface area contributed by atoms with Gasteiger partial charge in [0.1, 0.15) is 11.6 Å². The van der Waals surface area contributed by atoms with Gasteiger partial charge in [0.05, 0.1) is 0 Å². The molecule has 0 aliphatic heterocycles. The molecule has 2 rings (SSSR count). The van der Waals surface area contributed by atoms with Crippen LogP contribution in [-0.2, 0) is 6.42 Å². The zero-order valence-electron chi connectivity index (χ0n) is 11.8. The number of hydrogen-bond acceptors (Lipinski definition) is 1. The molecule has 0 radical (unpaired) electrons. The highest BCUT2D eigenvalue weighted by atomic mass is 19.1. The Labute approximate surface area is 114 Å². The van der Waals surface area contributed by atoms with Gasteiger partial charge in [-0.3, -0.25) is 0 Å². The summed E-state index contributed by atoms with van der Waals surface area (Å²) in [5.41, 5.74) is 0.752. The number of rotatable bonds is 5. The van der Waals surface area contributed by atoms with E-state index in [2.05, 4.69) is 19.2 Å². The second-order valence-corrected chi connectivity index (χ2v) is 5.72. The summed E-state index contributed by atoms with van der Waals surface area (Å²) < 4.78 is 26.5. The Morgan fingerprint density at radius 1 is 1.21 bits per heavy atom. The van der Waals surface area contributed by atoms with Gasteiger partial charge in [0.15, 0.2) is 0 Å². The van der Waals surface area contributed by atoms with E-state index in [0.29, 0.717) is 24.3 Å². The van der Waals surface area contributed by atoms with Crippen LogP contribution in [0, 0.1) is 23.5 Å². The van der Waals surface area contributed by atoms with Crippen LogP contribution in [0.25, 0.3) is 0 Å². The summed E-state index contributed by atoms with van der Waals surface area (Å²) in [7, 11) is 0. The molecule has 1 aromatic rings. The zero-order valence-corrected chi connectivity index (χ0v) is 11.8. The van der Waals surface area contributed by atoms with Gasteiger partial charge in [-0.05, 0) is 48.9 Å². The molecule has 0 aromatic heterocycles. The van der Waals surface area contributed by atoms with E-state index in [9.17, 15) is 8.78 Å². The molecule has 0 heterocycles.